The summed E-state index contributed by atoms with van der Waals surface area (Å²) in [6, 6.07) is 13.8. The van der Waals surface area contributed by atoms with Crippen LogP contribution in [-0.2, 0) is 11.2 Å². The number of benzene rings is 2. The van der Waals surface area contributed by atoms with Crippen molar-refractivity contribution < 1.29 is 9.18 Å². The van der Waals surface area contributed by atoms with Gasteiger partial charge in [-0.3, -0.25) is 4.79 Å². The molecule has 0 bridgehead atoms. The summed E-state index contributed by atoms with van der Waals surface area (Å²) in [6.07, 6.45) is 3.29. The van der Waals surface area contributed by atoms with Crippen LogP contribution in [0.5, 0.6) is 0 Å². The highest BCUT2D eigenvalue weighted by Crippen LogP contribution is 2.21. The van der Waals surface area contributed by atoms with Gasteiger partial charge in [0.15, 0.2) is 0 Å². The normalized spacial score (nSPS) is 12.0. The number of hydrogen-bond donors (Lipinski definition) is 0. The van der Waals surface area contributed by atoms with E-state index in [1.807, 2.05) is 31.2 Å². The Kier molecular flexibility index (Phi) is 4.88. The number of halogens is 1. The summed E-state index contributed by atoms with van der Waals surface area (Å²) in [5, 5.41) is 4.09. The molecule has 25 heavy (non-hydrogen) atoms. The summed E-state index contributed by atoms with van der Waals surface area (Å²) in [7, 11) is 1.76. The first-order chi connectivity index (χ1) is 12.0. The molecular formula is C19H19FN4O. The van der Waals surface area contributed by atoms with Gasteiger partial charge in [0.05, 0.1) is 18.2 Å². The Morgan fingerprint density at radius 3 is 2.64 bits per heavy atom. The summed E-state index contributed by atoms with van der Waals surface area (Å²) in [4.78, 5) is 18.1. The number of aromatic nitrogens is 3. The third-order valence-electron chi connectivity index (χ3n) is 4.28. The fraction of sp³-hybridized carbons (Fsp3) is 0.211. The highest BCUT2D eigenvalue weighted by Gasteiger charge is 2.18. The monoisotopic (exact) mass is 338 g/mol. The Bertz CT molecular complexity index is 846. The van der Waals surface area contributed by atoms with Crippen LogP contribution in [-0.4, -0.2) is 32.6 Å². The van der Waals surface area contributed by atoms with Gasteiger partial charge in [-0.1, -0.05) is 24.3 Å². The van der Waals surface area contributed by atoms with Gasteiger partial charge in [0.2, 0.25) is 5.91 Å². The van der Waals surface area contributed by atoms with E-state index in [9.17, 15) is 9.18 Å². The molecule has 0 unspecified atom stereocenters. The summed E-state index contributed by atoms with van der Waals surface area (Å²) in [6.45, 7) is 1.97. The van der Waals surface area contributed by atoms with Gasteiger partial charge in [-0.15, -0.1) is 0 Å². The quantitative estimate of drug-likeness (QED) is 0.718. The molecule has 0 saturated carbocycles. The second kappa shape index (κ2) is 7.25. The van der Waals surface area contributed by atoms with Gasteiger partial charge < -0.3 is 4.90 Å². The average molecular weight is 338 g/mol. The van der Waals surface area contributed by atoms with Crippen LogP contribution in [0, 0.1) is 5.82 Å². The summed E-state index contributed by atoms with van der Waals surface area (Å²) < 4.78 is 14.9. The van der Waals surface area contributed by atoms with Crippen LogP contribution in [0.4, 0.5) is 4.39 Å². The van der Waals surface area contributed by atoms with E-state index in [0.717, 1.165) is 11.3 Å². The van der Waals surface area contributed by atoms with E-state index < -0.39 is 0 Å². The van der Waals surface area contributed by atoms with Crippen LogP contribution in [0.3, 0.4) is 0 Å². The zero-order valence-corrected chi connectivity index (χ0v) is 14.1. The Labute approximate surface area is 145 Å². The SMILES string of the molecule is C[C@H](c1ccc(-n2cncn2)cc1)N(C)C(=O)Cc1cccc(F)c1. The number of carbonyl (C=O) groups is 1. The van der Waals surface area contributed by atoms with E-state index in [2.05, 4.69) is 10.1 Å². The highest BCUT2D eigenvalue weighted by atomic mass is 19.1. The van der Waals surface area contributed by atoms with E-state index in [1.54, 1.807) is 35.1 Å². The minimum absolute atomic E-state index is 0.0570. The molecule has 6 heteroatoms. The number of rotatable bonds is 5. The molecule has 0 saturated heterocycles. The summed E-state index contributed by atoms with van der Waals surface area (Å²) >= 11 is 0. The number of likely N-dealkylation sites (N-methyl/N-ethyl adjacent to an activating group) is 1. The van der Waals surface area contributed by atoms with Crippen LogP contribution in [0.15, 0.2) is 61.2 Å². The number of nitrogens with zero attached hydrogens (tertiary/aromatic N) is 4. The van der Waals surface area contributed by atoms with Gasteiger partial charge in [0.25, 0.3) is 0 Å². The van der Waals surface area contributed by atoms with Gasteiger partial charge in [-0.2, -0.15) is 5.10 Å². The van der Waals surface area contributed by atoms with Crippen molar-refractivity contribution in [1.82, 2.24) is 19.7 Å². The Morgan fingerprint density at radius 1 is 1.24 bits per heavy atom. The minimum Gasteiger partial charge on any atom is -0.339 e. The van der Waals surface area contributed by atoms with Crippen molar-refractivity contribution in [2.45, 2.75) is 19.4 Å². The lowest BCUT2D eigenvalue weighted by Crippen LogP contribution is -2.31. The first-order valence-corrected chi connectivity index (χ1v) is 7.99. The average Bonchev–Trinajstić information content (AvgIpc) is 3.15. The van der Waals surface area contributed by atoms with Crippen molar-refractivity contribution in [3.8, 4) is 5.69 Å². The van der Waals surface area contributed by atoms with E-state index in [1.165, 1.54) is 18.5 Å². The lowest BCUT2D eigenvalue weighted by Gasteiger charge is -2.25. The van der Waals surface area contributed by atoms with Crippen LogP contribution in [0.25, 0.3) is 5.69 Å². The molecule has 0 N–H and O–H groups in total. The van der Waals surface area contributed by atoms with Gasteiger partial charge in [-0.05, 0) is 42.3 Å². The smallest absolute Gasteiger partial charge is 0.227 e. The molecule has 0 aliphatic heterocycles. The first-order valence-electron chi connectivity index (χ1n) is 7.99. The summed E-state index contributed by atoms with van der Waals surface area (Å²) in [5.74, 6) is -0.386. The molecule has 3 aromatic rings. The van der Waals surface area contributed by atoms with Crippen molar-refractivity contribution in [1.29, 1.82) is 0 Å². The fourth-order valence-corrected chi connectivity index (χ4v) is 2.63. The van der Waals surface area contributed by atoms with E-state index >= 15 is 0 Å². The maximum absolute atomic E-state index is 13.3. The van der Waals surface area contributed by atoms with Gasteiger partial charge in [-0.25, -0.2) is 14.1 Å². The first kappa shape index (κ1) is 16.8. The lowest BCUT2D eigenvalue weighted by molar-refractivity contribution is -0.131. The van der Waals surface area contributed by atoms with Gasteiger partial charge >= 0.3 is 0 Å². The second-order valence-corrected chi connectivity index (χ2v) is 5.92. The van der Waals surface area contributed by atoms with Crippen LogP contribution in [0.1, 0.15) is 24.1 Å². The van der Waals surface area contributed by atoms with E-state index in [0.29, 0.717) is 5.56 Å². The molecule has 0 aliphatic carbocycles. The van der Waals surface area contributed by atoms with Crippen LogP contribution in [0.2, 0.25) is 0 Å². The maximum atomic E-state index is 13.3. The molecule has 0 fully saturated rings. The Hall–Kier alpha value is -3.02. The van der Waals surface area contributed by atoms with Crippen molar-refractivity contribution in [2.24, 2.45) is 0 Å². The lowest BCUT2D eigenvalue weighted by atomic mass is 10.1. The molecule has 0 aliphatic rings. The third-order valence-corrected chi connectivity index (χ3v) is 4.28. The molecule has 1 heterocycles. The number of hydrogen-bond acceptors (Lipinski definition) is 3. The molecule has 2 aromatic carbocycles. The molecule has 3 rings (SSSR count). The van der Waals surface area contributed by atoms with Crippen molar-refractivity contribution in [2.75, 3.05) is 7.05 Å². The number of amides is 1. The number of carbonyl (C=O) groups excluding carboxylic acids is 1. The molecule has 1 aromatic heterocycles. The summed E-state index contributed by atoms with van der Waals surface area (Å²) in [5.41, 5.74) is 2.59. The predicted molar refractivity (Wildman–Crippen MR) is 92.6 cm³/mol. The van der Waals surface area contributed by atoms with Crippen molar-refractivity contribution in [3.05, 3.63) is 78.1 Å². The van der Waals surface area contributed by atoms with Gasteiger partial charge in [0.1, 0.15) is 18.5 Å². The highest BCUT2D eigenvalue weighted by molar-refractivity contribution is 5.79. The standard InChI is InChI=1S/C19H19FN4O/c1-14(16-6-8-18(9-7-16)24-13-21-12-22-24)23(2)19(25)11-15-4-3-5-17(20)10-15/h3-10,12-14H,11H2,1-2H3/t14-/m1/s1. The second-order valence-electron chi connectivity index (χ2n) is 5.92. The molecular weight excluding hydrogens is 319 g/mol. The topological polar surface area (TPSA) is 51.0 Å². The zero-order chi connectivity index (χ0) is 17.8. The van der Waals surface area contributed by atoms with Crippen LogP contribution < -0.4 is 0 Å². The largest absolute Gasteiger partial charge is 0.339 e. The van der Waals surface area contributed by atoms with Crippen molar-refractivity contribution in [3.63, 3.8) is 0 Å². The fourth-order valence-electron chi connectivity index (χ4n) is 2.63. The predicted octanol–water partition coefficient (Wildman–Crippen LogP) is 3.17. The Morgan fingerprint density at radius 2 is 2.00 bits per heavy atom. The molecule has 128 valence electrons. The molecule has 0 spiro atoms. The molecule has 5 nitrogen and oxygen atoms in total. The minimum atomic E-state index is -0.329. The molecule has 0 radical (unpaired) electrons. The zero-order valence-electron chi connectivity index (χ0n) is 14.1. The Balaban J connectivity index is 1.69. The third kappa shape index (κ3) is 3.91. The van der Waals surface area contributed by atoms with Crippen LogP contribution >= 0.6 is 0 Å². The van der Waals surface area contributed by atoms with E-state index in [-0.39, 0.29) is 24.2 Å². The molecule has 1 amide bonds. The van der Waals surface area contributed by atoms with Crippen molar-refractivity contribution >= 4 is 5.91 Å². The maximum Gasteiger partial charge on any atom is 0.227 e. The van der Waals surface area contributed by atoms with E-state index in [4.69, 9.17) is 0 Å². The molecule has 1 atom stereocenters. The van der Waals surface area contributed by atoms with Gasteiger partial charge in [0, 0.05) is 7.05 Å².